The number of nitrogens with one attached hydrogen (secondary N) is 1. The summed E-state index contributed by atoms with van der Waals surface area (Å²) in [5, 5.41) is 3.05. The van der Waals surface area contributed by atoms with Crippen molar-refractivity contribution in [3.05, 3.63) is 107 Å². The number of aryl methyl sites for hydroxylation is 1. The predicted molar refractivity (Wildman–Crippen MR) is 152 cm³/mol. The SMILES string of the molecule is CC[C@@H](C)NC(=O)[C@H](Cc1ccccc1)N(Cc1ccccc1F)C(=O)CCc1ccc(C(C)(C)C)cc1. The van der Waals surface area contributed by atoms with Gasteiger partial charge in [0, 0.05) is 31.0 Å². The van der Waals surface area contributed by atoms with Crippen LogP contribution in [0.4, 0.5) is 4.39 Å². The Labute approximate surface area is 227 Å². The lowest BCUT2D eigenvalue weighted by Gasteiger charge is -2.32. The van der Waals surface area contributed by atoms with Crippen molar-refractivity contribution in [3.63, 3.8) is 0 Å². The molecule has 0 saturated carbocycles. The molecule has 38 heavy (non-hydrogen) atoms. The van der Waals surface area contributed by atoms with Crippen LogP contribution in [0.2, 0.25) is 0 Å². The quantitative estimate of drug-likeness (QED) is 0.312. The Morgan fingerprint density at radius 2 is 1.53 bits per heavy atom. The van der Waals surface area contributed by atoms with Gasteiger partial charge < -0.3 is 10.2 Å². The highest BCUT2D eigenvalue weighted by Gasteiger charge is 2.31. The second-order valence-corrected chi connectivity index (χ2v) is 11.1. The topological polar surface area (TPSA) is 49.4 Å². The Morgan fingerprint density at radius 3 is 2.13 bits per heavy atom. The van der Waals surface area contributed by atoms with Gasteiger partial charge in [-0.15, -0.1) is 0 Å². The molecule has 1 N–H and O–H groups in total. The zero-order valence-corrected chi connectivity index (χ0v) is 23.3. The zero-order chi connectivity index (χ0) is 27.7. The van der Waals surface area contributed by atoms with Crippen molar-refractivity contribution in [2.24, 2.45) is 0 Å². The molecule has 0 aliphatic heterocycles. The van der Waals surface area contributed by atoms with Gasteiger partial charge >= 0.3 is 0 Å². The lowest BCUT2D eigenvalue weighted by atomic mass is 9.86. The molecule has 3 rings (SSSR count). The molecule has 0 aliphatic carbocycles. The fraction of sp³-hybridized carbons (Fsp3) is 0.394. The molecule has 0 radical (unpaired) electrons. The number of benzene rings is 3. The van der Waals surface area contributed by atoms with Gasteiger partial charge in [-0.25, -0.2) is 4.39 Å². The monoisotopic (exact) mass is 516 g/mol. The first-order valence-electron chi connectivity index (χ1n) is 13.5. The van der Waals surface area contributed by atoms with Crippen molar-refractivity contribution in [2.45, 2.75) is 84.3 Å². The number of carbonyl (C=O) groups is 2. The number of amides is 2. The summed E-state index contributed by atoms with van der Waals surface area (Å²) in [6.45, 7) is 10.5. The molecule has 2 amide bonds. The number of nitrogens with zero attached hydrogens (tertiary/aromatic N) is 1. The van der Waals surface area contributed by atoms with Crippen LogP contribution >= 0.6 is 0 Å². The minimum absolute atomic E-state index is 0.0277. The van der Waals surface area contributed by atoms with Gasteiger partial charge in [0.2, 0.25) is 11.8 Å². The molecular weight excluding hydrogens is 475 g/mol. The fourth-order valence-corrected chi connectivity index (χ4v) is 4.37. The van der Waals surface area contributed by atoms with Crippen molar-refractivity contribution in [3.8, 4) is 0 Å². The summed E-state index contributed by atoms with van der Waals surface area (Å²) in [7, 11) is 0. The number of hydrogen-bond donors (Lipinski definition) is 1. The van der Waals surface area contributed by atoms with Gasteiger partial charge in [-0.05, 0) is 47.9 Å². The Balaban J connectivity index is 1.90. The van der Waals surface area contributed by atoms with Gasteiger partial charge in [-0.3, -0.25) is 9.59 Å². The van der Waals surface area contributed by atoms with Crippen LogP contribution in [-0.4, -0.2) is 28.8 Å². The van der Waals surface area contributed by atoms with Crippen LogP contribution in [-0.2, 0) is 34.4 Å². The van der Waals surface area contributed by atoms with Crippen molar-refractivity contribution in [1.82, 2.24) is 10.2 Å². The van der Waals surface area contributed by atoms with E-state index in [4.69, 9.17) is 0 Å². The molecule has 202 valence electrons. The third kappa shape index (κ3) is 8.27. The highest BCUT2D eigenvalue weighted by atomic mass is 19.1. The average molecular weight is 517 g/mol. The number of halogens is 1. The molecule has 2 atom stereocenters. The van der Waals surface area contributed by atoms with E-state index in [1.54, 1.807) is 23.1 Å². The summed E-state index contributed by atoms with van der Waals surface area (Å²) < 4.78 is 14.7. The molecule has 4 nitrogen and oxygen atoms in total. The maximum atomic E-state index is 14.7. The smallest absolute Gasteiger partial charge is 0.243 e. The molecule has 0 heterocycles. The van der Waals surface area contributed by atoms with Gasteiger partial charge in [-0.1, -0.05) is 100 Å². The largest absolute Gasteiger partial charge is 0.352 e. The number of hydrogen-bond acceptors (Lipinski definition) is 2. The lowest BCUT2D eigenvalue weighted by molar-refractivity contribution is -0.141. The fourth-order valence-electron chi connectivity index (χ4n) is 4.37. The third-order valence-corrected chi connectivity index (χ3v) is 7.02. The van der Waals surface area contributed by atoms with Crippen LogP contribution in [0.1, 0.15) is 69.7 Å². The van der Waals surface area contributed by atoms with Crippen LogP contribution in [0.3, 0.4) is 0 Å². The van der Waals surface area contributed by atoms with E-state index in [0.29, 0.717) is 18.4 Å². The van der Waals surface area contributed by atoms with Crippen LogP contribution in [0, 0.1) is 5.82 Å². The van der Waals surface area contributed by atoms with Gasteiger partial charge in [0.05, 0.1) is 0 Å². The minimum Gasteiger partial charge on any atom is -0.352 e. The average Bonchev–Trinajstić information content (AvgIpc) is 2.90. The van der Waals surface area contributed by atoms with E-state index in [2.05, 4.69) is 50.4 Å². The van der Waals surface area contributed by atoms with E-state index in [1.165, 1.54) is 11.6 Å². The zero-order valence-electron chi connectivity index (χ0n) is 23.3. The minimum atomic E-state index is -0.762. The molecule has 3 aromatic rings. The van der Waals surface area contributed by atoms with Crippen LogP contribution in [0.5, 0.6) is 0 Å². The first-order chi connectivity index (χ1) is 18.1. The molecule has 0 aliphatic rings. The van der Waals surface area contributed by atoms with Crippen molar-refractivity contribution >= 4 is 11.8 Å². The highest BCUT2D eigenvalue weighted by Crippen LogP contribution is 2.23. The molecule has 5 heteroatoms. The van der Waals surface area contributed by atoms with Gasteiger partial charge in [-0.2, -0.15) is 0 Å². The Kier molecular flexibility index (Phi) is 10.2. The summed E-state index contributed by atoms with van der Waals surface area (Å²) in [5.74, 6) is -0.778. The second kappa shape index (κ2) is 13.4. The lowest BCUT2D eigenvalue weighted by Crippen LogP contribution is -2.52. The summed E-state index contributed by atoms with van der Waals surface area (Å²) >= 11 is 0. The van der Waals surface area contributed by atoms with E-state index in [9.17, 15) is 14.0 Å². The summed E-state index contributed by atoms with van der Waals surface area (Å²) in [4.78, 5) is 28.9. The van der Waals surface area contributed by atoms with E-state index < -0.39 is 6.04 Å². The maximum Gasteiger partial charge on any atom is 0.243 e. The van der Waals surface area contributed by atoms with Gasteiger partial charge in [0.15, 0.2) is 0 Å². The van der Waals surface area contributed by atoms with E-state index in [-0.39, 0.29) is 42.1 Å². The molecule has 0 unspecified atom stereocenters. The van der Waals surface area contributed by atoms with E-state index >= 15 is 0 Å². The van der Waals surface area contributed by atoms with Gasteiger partial charge in [0.1, 0.15) is 11.9 Å². The first kappa shape index (κ1) is 29.1. The summed E-state index contributed by atoms with van der Waals surface area (Å²) in [6.07, 6.45) is 1.90. The molecule has 0 saturated heterocycles. The number of carbonyl (C=O) groups excluding carboxylic acids is 2. The first-order valence-corrected chi connectivity index (χ1v) is 13.5. The van der Waals surface area contributed by atoms with E-state index in [1.807, 2.05) is 44.2 Å². The second-order valence-electron chi connectivity index (χ2n) is 11.1. The molecule has 0 bridgehead atoms. The number of rotatable bonds is 11. The van der Waals surface area contributed by atoms with Gasteiger partial charge in [0.25, 0.3) is 0 Å². The van der Waals surface area contributed by atoms with E-state index in [0.717, 1.165) is 17.5 Å². The molecule has 0 fully saturated rings. The predicted octanol–water partition coefficient (Wildman–Crippen LogP) is 6.61. The highest BCUT2D eigenvalue weighted by molar-refractivity contribution is 5.88. The summed E-state index contributed by atoms with van der Waals surface area (Å²) in [6, 6.07) is 23.6. The summed E-state index contributed by atoms with van der Waals surface area (Å²) in [5.41, 5.74) is 3.68. The molecular formula is C33H41FN2O2. The van der Waals surface area contributed by atoms with Crippen LogP contribution < -0.4 is 5.32 Å². The molecule has 0 spiro atoms. The van der Waals surface area contributed by atoms with Crippen molar-refractivity contribution < 1.29 is 14.0 Å². The normalized spacial score (nSPS) is 13.0. The molecule has 3 aromatic carbocycles. The van der Waals surface area contributed by atoms with Crippen molar-refractivity contribution in [1.29, 1.82) is 0 Å². The van der Waals surface area contributed by atoms with Crippen LogP contribution in [0.25, 0.3) is 0 Å². The standard InChI is InChI=1S/C33H41FN2O2/c1-6-24(2)35-32(38)30(22-26-12-8-7-9-13-26)36(23-27-14-10-11-15-29(27)34)31(37)21-18-25-16-19-28(20-17-25)33(3,4)5/h7-17,19-20,24,30H,6,18,21-23H2,1-5H3,(H,35,38)/t24-,30+/m1/s1. The van der Waals surface area contributed by atoms with Crippen molar-refractivity contribution in [2.75, 3.05) is 0 Å². The third-order valence-electron chi connectivity index (χ3n) is 7.02. The van der Waals surface area contributed by atoms with Crippen LogP contribution in [0.15, 0.2) is 78.9 Å². The molecule has 0 aromatic heterocycles. The Hall–Kier alpha value is -3.47. The Bertz CT molecular complexity index is 1190. The Morgan fingerprint density at radius 1 is 0.895 bits per heavy atom. The maximum absolute atomic E-state index is 14.7.